The van der Waals surface area contributed by atoms with E-state index in [-0.39, 0.29) is 17.4 Å². The molecule has 0 aliphatic heterocycles. The number of carbonyl (C=O) groups is 2. The van der Waals surface area contributed by atoms with Gasteiger partial charge < -0.3 is 15.2 Å². The first kappa shape index (κ1) is 20.8. The number of amides is 1. The van der Waals surface area contributed by atoms with E-state index in [1.54, 1.807) is 13.2 Å². The number of aliphatic hydroxyl groups is 1. The molecule has 9 heteroatoms. The van der Waals surface area contributed by atoms with Gasteiger partial charge in [-0.2, -0.15) is 0 Å². The number of thiophene rings is 1. The van der Waals surface area contributed by atoms with Crippen molar-refractivity contribution in [1.82, 2.24) is 15.3 Å². The minimum atomic E-state index is -1.19. The lowest BCUT2D eigenvalue weighted by Gasteiger charge is -2.08. The number of thioether (sulfide) groups is 1. The Morgan fingerprint density at radius 3 is 2.80 bits per heavy atom. The van der Waals surface area contributed by atoms with E-state index in [9.17, 15) is 14.7 Å². The van der Waals surface area contributed by atoms with Crippen LogP contribution < -0.4 is 10.1 Å². The summed E-state index contributed by atoms with van der Waals surface area (Å²) in [4.78, 5) is 35.0. The van der Waals surface area contributed by atoms with E-state index in [4.69, 9.17) is 4.74 Å². The van der Waals surface area contributed by atoms with Gasteiger partial charge in [-0.15, -0.1) is 11.3 Å². The number of fused-ring (bicyclic) bond motifs is 1. The molecule has 30 heavy (non-hydrogen) atoms. The number of rotatable bonds is 8. The molecule has 0 radical (unpaired) electrons. The van der Waals surface area contributed by atoms with Crippen LogP contribution in [0.5, 0.6) is 5.75 Å². The molecule has 1 amide bonds. The summed E-state index contributed by atoms with van der Waals surface area (Å²) in [6.45, 7) is 2.13. The second-order valence-corrected chi connectivity index (χ2v) is 9.28. The van der Waals surface area contributed by atoms with Crippen molar-refractivity contribution in [2.45, 2.75) is 36.9 Å². The molecule has 7 nitrogen and oxygen atoms in total. The lowest BCUT2D eigenvalue weighted by molar-refractivity contribution is -0.131. The topological polar surface area (TPSA) is 101 Å². The van der Waals surface area contributed by atoms with Crippen LogP contribution in [0.4, 0.5) is 0 Å². The normalized spacial score (nSPS) is 14.5. The highest BCUT2D eigenvalue weighted by molar-refractivity contribution is 8.00. The second kappa shape index (κ2) is 8.33. The Hall–Kier alpha value is -2.49. The van der Waals surface area contributed by atoms with Crippen LogP contribution in [0.15, 0.2) is 35.4 Å². The zero-order valence-corrected chi connectivity index (χ0v) is 18.2. The minimum absolute atomic E-state index is 0.00397. The summed E-state index contributed by atoms with van der Waals surface area (Å²) < 4.78 is 5.29. The van der Waals surface area contributed by atoms with Crippen molar-refractivity contribution < 1.29 is 19.4 Å². The maximum absolute atomic E-state index is 12.7. The van der Waals surface area contributed by atoms with Gasteiger partial charge in [0.2, 0.25) is 0 Å². The fraction of sp³-hybridized carbons (Fsp3) is 0.333. The van der Waals surface area contributed by atoms with E-state index in [1.165, 1.54) is 23.1 Å². The van der Waals surface area contributed by atoms with E-state index in [0.29, 0.717) is 35.8 Å². The Morgan fingerprint density at radius 2 is 2.07 bits per heavy atom. The van der Waals surface area contributed by atoms with Crippen LogP contribution >= 0.6 is 23.1 Å². The van der Waals surface area contributed by atoms with E-state index in [1.807, 2.05) is 31.2 Å². The summed E-state index contributed by atoms with van der Waals surface area (Å²) in [5.41, 5.74) is -0.377. The molecule has 1 aromatic carbocycles. The number of aryl methyl sites for hydroxylation is 1. The number of hydrogen-bond acceptors (Lipinski definition) is 8. The van der Waals surface area contributed by atoms with Crippen LogP contribution in [-0.2, 0) is 11.3 Å². The number of benzene rings is 1. The number of hydrogen-bond donors (Lipinski definition) is 2. The van der Waals surface area contributed by atoms with Crippen molar-refractivity contribution in [3.8, 4) is 5.75 Å². The lowest BCUT2D eigenvalue weighted by Crippen LogP contribution is -2.35. The van der Waals surface area contributed by atoms with E-state index >= 15 is 0 Å². The predicted molar refractivity (Wildman–Crippen MR) is 116 cm³/mol. The maximum Gasteiger partial charge on any atom is 0.252 e. The molecule has 4 rings (SSSR count). The SMILES string of the molecule is COc1ccc2nc(C)nc(SCC(=O)c3ccc(CNC(=O)C4(O)CC4)s3)c2c1. The summed E-state index contributed by atoms with van der Waals surface area (Å²) in [7, 11) is 1.61. The average Bonchev–Trinajstić information content (AvgIpc) is 3.32. The number of carbonyl (C=O) groups excluding carboxylic acids is 2. The molecule has 2 N–H and O–H groups in total. The van der Waals surface area contributed by atoms with Crippen molar-refractivity contribution in [3.05, 3.63) is 45.9 Å². The minimum Gasteiger partial charge on any atom is -0.497 e. The summed E-state index contributed by atoms with van der Waals surface area (Å²) in [6.07, 6.45) is 1.01. The van der Waals surface area contributed by atoms with Gasteiger partial charge >= 0.3 is 0 Å². The van der Waals surface area contributed by atoms with Gasteiger partial charge in [-0.25, -0.2) is 9.97 Å². The molecule has 0 unspecified atom stereocenters. The molecular formula is C21H21N3O4S2. The number of aromatic nitrogens is 2. The Balaban J connectivity index is 1.41. The van der Waals surface area contributed by atoms with Crippen LogP contribution in [0.2, 0.25) is 0 Å². The second-order valence-electron chi connectivity index (χ2n) is 7.15. The summed E-state index contributed by atoms with van der Waals surface area (Å²) in [6, 6.07) is 9.21. The lowest BCUT2D eigenvalue weighted by atomic mass is 10.2. The van der Waals surface area contributed by atoms with Gasteiger partial charge in [0.25, 0.3) is 5.91 Å². The zero-order chi connectivity index (χ0) is 21.3. The summed E-state index contributed by atoms with van der Waals surface area (Å²) in [5, 5.41) is 14.1. The standard InChI is InChI=1S/C21H21N3O4S2/c1-12-23-16-5-3-13(28-2)9-15(16)19(24-12)29-11-17(25)18-6-4-14(30-18)10-22-20(26)21(27)7-8-21/h3-6,9,27H,7-8,10-11H2,1-2H3,(H,22,26). The third-order valence-electron chi connectivity index (χ3n) is 4.83. The molecule has 2 heterocycles. The van der Waals surface area contributed by atoms with Crippen LogP contribution in [0.1, 0.15) is 33.2 Å². The number of ketones is 1. The predicted octanol–water partition coefficient (Wildman–Crippen LogP) is 3.12. The van der Waals surface area contributed by atoms with Crippen molar-refractivity contribution >= 4 is 45.7 Å². The first-order chi connectivity index (χ1) is 14.4. The number of nitrogens with zero attached hydrogens (tertiary/aromatic N) is 2. The van der Waals surface area contributed by atoms with Gasteiger partial charge in [-0.05, 0) is 50.1 Å². The van der Waals surface area contributed by atoms with Crippen LogP contribution in [0, 0.1) is 6.92 Å². The highest BCUT2D eigenvalue weighted by Crippen LogP contribution is 2.35. The molecule has 156 valence electrons. The van der Waals surface area contributed by atoms with Crippen LogP contribution in [0.3, 0.4) is 0 Å². The van der Waals surface area contributed by atoms with E-state index in [0.717, 1.165) is 20.8 Å². The fourth-order valence-electron chi connectivity index (χ4n) is 2.93. The van der Waals surface area contributed by atoms with E-state index < -0.39 is 5.60 Å². The van der Waals surface area contributed by atoms with Crippen LogP contribution in [0.25, 0.3) is 10.9 Å². The average molecular weight is 444 g/mol. The highest BCUT2D eigenvalue weighted by Gasteiger charge is 2.47. The van der Waals surface area contributed by atoms with Gasteiger partial charge in [0, 0.05) is 10.3 Å². The smallest absolute Gasteiger partial charge is 0.252 e. The van der Waals surface area contributed by atoms with Gasteiger partial charge in [-0.1, -0.05) is 11.8 Å². The monoisotopic (exact) mass is 443 g/mol. The van der Waals surface area contributed by atoms with Gasteiger partial charge in [0.1, 0.15) is 22.2 Å². The zero-order valence-electron chi connectivity index (χ0n) is 16.6. The van der Waals surface area contributed by atoms with Crippen molar-refractivity contribution in [2.24, 2.45) is 0 Å². The molecule has 1 saturated carbocycles. The largest absolute Gasteiger partial charge is 0.497 e. The van der Waals surface area contributed by atoms with E-state index in [2.05, 4.69) is 15.3 Å². The number of nitrogens with one attached hydrogen (secondary N) is 1. The molecular weight excluding hydrogens is 422 g/mol. The molecule has 0 saturated heterocycles. The Kier molecular flexibility index (Phi) is 5.77. The van der Waals surface area contributed by atoms with Crippen LogP contribution in [-0.4, -0.2) is 45.2 Å². The molecule has 1 fully saturated rings. The Labute approximate surface area is 181 Å². The third-order valence-corrected chi connectivity index (χ3v) is 6.94. The highest BCUT2D eigenvalue weighted by atomic mass is 32.2. The molecule has 1 aliphatic rings. The van der Waals surface area contributed by atoms with Crippen molar-refractivity contribution in [3.63, 3.8) is 0 Å². The number of Topliss-reactive ketones (excluding diaryl/α,β-unsaturated/α-hetero) is 1. The number of ether oxygens (including phenoxy) is 1. The first-order valence-corrected chi connectivity index (χ1v) is 11.3. The summed E-state index contributed by atoms with van der Waals surface area (Å²) >= 11 is 2.72. The maximum atomic E-state index is 12.7. The summed E-state index contributed by atoms with van der Waals surface area (Å²) in [5.74, 6) is 1.25. The Bertz CT molecular complexity index is 1120. The molecule has 2 aromatic heterocycles. The molecule has 0 bridgehead atoms. The molecule has 1 aliphatic carbocycles. The van der Waals surface area contributed by atoms with Gasteiger partial charge in [0.05, 0.1) is 29.8 Å². The van der Waals surface area contributed by atoms with Crippen molar-refractivity contribution in [1.29, 1.82) is 0 Å². The van der Waals surface area contributed by atoms with Gasteiger partial charge in [0.15, 0.2) is 5.78 Å². The molecule has 0 spiro atoms. The van der Waals surface area contributed by atoms with Crippen molar-refractivity contribution in [2.75, 3.05) is 12.9 Å². The first-order valence-electron chi connectivity index (χ1n) is 9.46. The number of methoxy groups -OCH3 is 1. The molecule has 3 aromatic rings. The molecule has 0 atom stereocenters. The third kappa shape index (κ3) is 4.48. The fourth-order valence-corrected chi connectivity index (χ4v) is 4.85. The quantitative estimate of drug-likeness (QED) is 0.313. The Morgan fingerprint density at radius 1 is 1.27 bits per heavy atom. The van der Waals surface area contributed by atoms with Gasteiger partial charge in [-0.3, -0.25) is 9.59 Å².